The number of nitrogens with one attached hydrogen (secondary N) is 2. The van der Waals surface area contributed by atoms with Gasteiger partial charge in [-0.1, -0.05) is 24.3 Å². The van der Waals surface area contributed by atoms with Crippen LogP contribution in [-0.2, 0) is 4.79 Å². The summed E-state index contributed by atoms with van der Waals surface area (Å²) in [7, 11) is 0. The fourth-order valence-electron chi connectivity index (χ4n) is 3.25. The van der Waals surface area contributed by atoms with Crippen LogP contribution in [0.15, 0.2) is 77.6 Å². The zero-order chi connectivity index (χ0) is 23.4. The third kappa shape index (κ3) is 4.72. The Kier molecular flexibility index (Phi) is 6.12. The Hall–Kier alpha value is -4.53. The highest BCUT2D eigenvalue weighted by molar-refractivity contribution is 5.95. The number of benzene rings is 3. The summed E-state index contributed by atoms with van der Waals surface area (Å²) in [6.07, 6.45) is 0. The number of aryl methyl sites for hydroxylation is 1. The maximum Gasteiger partial charge on any atom is 0.276 e. The predicted molar refractivity (Wildman–Crippen MR) is 120 cm³/mol. The Bertz CT molecular complexity index is 1400. The minimum atomic E-state index is -0.660. The van der Waals surface area contributed by atoms with Gasteiger partial charge in [0.15, 0.2) is 18.2 Å². The number of aromatic nitrogens is 2. The Morgan fingerprint density at radius 2 is 1.67 bits per heavy atom. The lowest BCUT2D eigenvalue weighted by Crippen LogP contribution is -2.43. The summed E-state index contributed by atoms with van der Waals surface area (Å²) in [5.41, 5.74) is 5.68. The average Bonchev–Trinajstić information content (AvgIpc) is 2.82. The van der Waals surface area contributed by atoms with Gasteiger partial charge in [0.05, 0.1) is 16.6 Å². The first kappa shape index (κ1) is 21.7. The molecule has 33 heavy (non-hydrogen) atoms. The molecule has 4 rings (SSSR count). The molecule has 0 radical (unpaired) electrons. The normalized spacial score (nSPS) is 10.6. The van der Waals surface area contributed by atoms with Crippen LogP contribution in [0.25, 0.3) is 16.6 Å². The monoisotopic (exact) mass is 446 g/mol. The van der Waals surface area contributed by atoms with Crippen molar-refractivity contribution in [1.82, 2.24) is 20.4 Å². The topological polar surface area (TPSA) is 102 Å². The van der Waals surface area contributed by atoms with Crippen LogP contribution in [-0.4, -0.2) is 28.0 Å². The molecule has 0 aliphatic rings. The van der Waals surface area contributed by atoms with E-state index in [1.165, 1.54) is 34.9 Å². The predicted octanol–water partition coefficient (Wildman–Crippen LogP) is 2.67. The molecule has 9 heteroatoms. The zero-order valence-corrected chi connectivity index (χ0v) is 17.5. The number of amides is 2. The van der Waals surface area contributed by atoms with Crippen LogP contribution in [0, 0.1) is 12.7 Å². The maximum absolute atomic E-state index is 13.5. The quantitative estimate of drug-likeness (QED) is 0.459. The number of hydrazine groups is 1. The second-order valence-corrected chi connectivity index (χ2v) is 7.09. The van der Waals surface area contributed by atoms with E-state index in [9.17, 15) is 18.8 Å². The van der Waals surface area contributed by atoms with Crippen molar-refractivity contribution in [3.8, 4) is 11.4 Å². The van der Waals surface area contributed by atoms with Gasteiger partial charge in [0.1, 0.15) is 5.82 Å². The third-order valence-corrected chi connectivity index (χ3v) is 4.84. The summed E-state index contributed by atoms with van der Waals surface area (Å²) in [5, 5.41) is 0.491. The van der Waals surface area contributed by atoms with Crippen molar-refractivity contribution in [3.63, 3.8) is 0 Å². The number of fused-ring (bicyclic) bond motifs is 1. The number of carbonyl (C=O) groups is 2. The largest absolute Gasteiger partial charge is 0.481 e. The Morgan fingerprint density at radius 1 is 0.970 bits per heavy atom. The van der Waals surface area contributed by atoms with Gasteiger partial charge in [0, 0.05) is 5.56 Å². The first-order valence-corrected chi connectivity index (χ1v) is 9.99. The molecule has 1 aromatic heterocycles. The van der Waals surface area contributed by atoms with E-state index >= 15 is 0 Å². The van der Waals surface area contributed by atoms with E-state index in [4.69, 9.17) is 4.74 Å². The van der Waals surface area contributed by atoms with Gasteiger partial charge in [-0.05, 0) is 55.5 Å². The van der Waals surface area contributed by atoms with Crippen molar-refractivity contribution in [2.45, 2.75) is 6.92 Å². The molecule has 0 saturated heterocycles. The van der Waals surface area contributed by atoms with E-state index in [0.29, 0.717) is 22.4 Å². The molecule has 0 bridgehead atoms. The second kappa shape index (κ2) is 9.31. The first-order chi connectivity index (χ1) is 15.9. The Balaban J connectivity index is 1.41. The van der Waals surface area contributed by atoms with Crippen molar-refractivity contribution in [1.29, 1.82) is 0 Å². The lowest BCUT2D eigenvalue weighted by molar-refractivity contribution is -0.123. The van der Waals surface area contributed by atoms with Crippen LogP contribution in [0.3, 0.4) is 0 Å². The third-order valence-electron chi connectivity index (χ3n) is 4.84. The highest BCUT2D eigenvalue weighted by Crippen LogP contribution is 2.15. The van der Waals surface area contributed by atoms with Gasteiger partial charge >= 0.3 is 0 Å². The van der Waals surface area contributed by atoms with Crippen molar-refractivity contribution < 1.29 is 18.7 Å². The van der Waals surface area contributed by atoms with E-state index in [2.05, 4.69) is 15.8 Å². The summed E-state index contributed by atoms with van der Waals surface area (Å²) in [5.74, 6) is -1.37. The molecule has 4 aromatic rings. The molecule has 0 aliphatic heterocycles. The molecule has 3 aromatic carbocycles. The lowest BCUT2D eigenvalue weighted by atomic mass is 10.2. The number of ether oxygens (including phenoxy) is 1. The number of carbonyl (C=O) groups excluding carboxylic acids is 2. The van der Waals surface area contributed by atoms with Gasteiger partial charge in [-0.3, -0.25) is 29.8 Å². The zero-order valence-electron chi connectivity index (χ0n) is 17.5. The van der Waals surface area contributed by atoms with Crippen molar-refractivity contribution in [2.24, 2.45) is 0 Å². The number of halogens is 1. The highest BCUT2D eigenvalue weighted by atomic mass is 19.1. The standard InChI is InChI=1S/C24H19FN4O4/c1-15-26-20-8-4-2-6-18(20)24(32)29(15)17-12-10-16(11-13-17)23(31)28-27-22(30)14-33-21-9-5-3-7-19(21)25/h2-13H,14H2,1H3,(H,27,30)(H,28,31). The Labute approximate surface area is 187 Å². The molecule has 0 unspecified atom stereocenters. The molecule has 0 aliphatic carbocycles. The summed E-state index contributed by atoms with van der Waals surface area (Å²) >= 11 is 0. The number of nitrogens with zero attached hydrogens (tertiary/aromatic N) is 2. The van der Waals surface area contributed by atoms with Crippen LogP contribution in [0.2, 0.25) is 0 Å². The first-order valence-electron chi connectivity index (χ1n) is 9.99. The maximum atomic E-state index is 13.5. The summed E-state index contributed by atoms with van der Waals surface area (Å²) in [6, 6.07) is 19.0. The number of rotatable bonds is 5. The van der Waals surface area contributed by atoms with Crippen molar-refractivity contribution in [2.75, 3.05) is 6.61 Å². The van der Waals surface area contributed by atoms with Gasteiger partial charge < -0.3 is 4.74 Å². The van der Waals surface area contributed by atoms with Crippen LogP contribution >= 0.6 is 0 Å². The smallest absolute Gasteiger partial charge is 0.276 e. The summed E-state index contributed by atoms with van der Waals surface area (Å²) < 4.78 is 20.0. The lowest BCUT2D eigenvalue weighted by Gasteiger charge is -2.12. The fourth-order valence-corrected chi connectivity index (χ4v) is 3.25. The minimum absolute atomic E-state index is 0.0664. The molecule has 0 saturated carbocycles. The van der Waals surface area contributed by atoms with E-state index < -0.39 is 24.2 Å². The van der Waals surface area contributed by atoms with Gasteiger partial charge in [0.25, 0.3) is 17.4 Å². The second-order valence-electron chi connectivity index (χ2n) is 7.09. The summed E-state index contributed by atoms with van der Waals surface area (Å²) in [6.45, 7) is 1.25. The van der Waals surface area contributed by atoms with Gasteiger partial charge in [-0.15, -0.1) is 0 Å². The van der Waals surface area contributed by atoms with Crippen LogP contribution in [0.1, 0.15) is 16.2 Å². The summed E-state index contributed by atoms with van der Waals surface area (Å²) in [4.78, 5) is 41.5. The molecule has 0 spiro atoms. The number of hydrogen-bond acceptors (Lipinski definition) is 5. The molecule has 1 heterocycles. The van der Waals surface area contributed by atoms with E-state index in [0.717, 1.165) is 0 Å². The molecule has 0 fully saturated rings. The molecule has 2 N–H and O–H groups in total. The van der Waals surface area contributed by atoms with Crippen LogP contribution in [0.4, 0.5) is 4.39 Å². The van der Waals surface area contributed by atoms with Gasteiger partial charge in [0.2, 0.25) is 0 Å². The molecule has 166 valence electrons. The molecular weight excluding hydrogens is 427 g/mol. The van der Waals surface area contributed by atoms with E-state index in [-0.39, 0.29) is 16.9 Å². The van der Waals surface area contributed by atoms with Crippen molar-refractivity contribution in [3.05, 3.63) is 100 Å². The number of para-hydroxylation sites is 2. The van der Waals surface area contributed by atoms with E-state index in [1.54, 1.807) is 43.3 Å². The van der Waals surface area contributed by atoms with Crippen molar-refractivity contribution >= 4 is 22.7 Å². The molecule has 0 atom stereocenters. The minimum Gasteiger partial charge on any atom is -0.481 e. The molecule has 8 nitrogen and oxygen atoms in total. The fraction of sp³-hybridized carbons (Fsp3) is 0.0833. The van der Waals surface area contributed by atoms with Crippen LogP contribution in [0.5, 0.6) is 5.75 Å². The Morgan fingerprint density at radius 3 is 2.42 bits per heavy atom. The van der Waals surface area contributed by atoms with E-state index in [1.807, 2.05) is 6.07 Å². The van der Waals surface area contributed by atoms with Gasteiger partial charge in [-0.2, -0.15) is 0 Å². The molecule has 2 amide bonds. The van der Waals surface area contributed by atoms with Crippen LogP contribution < -0.4 is 21.1 Å². The SMILES string of the molecule is Cc1nc2ccccc2c(=O)n1-c1ccc(C(=O)NNC(=O)COc2ccccc2F)cc1. The average molecular weight is 446 g/mol. The van der Waals surface area contributed by atoms with Gasteiger partial charge in [-0.25, -0.2) is 9.37 Å². The molecular formula is C24H19FN4O4. The highest BCUT2D eigenvalue weighted by Gasteiger charge is 2.12. The number of hydrogen-bond donors (Lipinski definition) is 2.